The van der Waals surface area contributed by atoms with Gasteiger partial charge in [-0.2, -0.15) is 0 Å². The van der Waals surface area contributed by atoms with Gasteiger partial charge in [0, 0.05) is 32.6 Å². The molecule has 7 nitrogen and oxygen atoms in total. The number of hydrogen-bond donors (Lipinski definition) is 1. The number of aromatic nitrogens is 1. The van der Waals surface area contributed by atoms with E-state index in [1.54, 1.807) is 37.5 Å². The Kier molecular flexibility index (Phi) is 5.65. The number of amides is 3. The Bertz CT molecular complexity index is 1230. The Hall–Kier alpha value is -3.03. The van der Waals surface area contributed by atoms with Crippen LogP contribution in [0.4, 0.5) is 4.79 Å². The molecular weight excluding hydrogens is 453 g/mol. The van der Waals surface area contributed by atoms with E-state index in [1.165, 1.54) is 6.07 Å². The number of furan rings is 1. The minimum absolute atomic E-state index is 0.253. The van der Waals surface area contributed by atoms with Crippen LogP contribution < -0.4 is 5.32 Å². The molecule has 166 valence electrons. The van der Waals surface area contributed by atoms with Crippen molar-refractivity contribution >= 4 is 40.9 Å². The highest BCUT2D eigenvalue weighted by Gasteiger charge is 2.50. The Morgan fingerprint density at radius 2 is 1.91 bits per heavy atom. The summed E-state index contributed by atoms with van der Waals surface area (Å²) in [6.45, 7) is 5.37. The quantitative estimate of drug-likeness (QED) is 0.415. The first-order valence-electron chi connectivity index (χ1n) is 9.93. The highest BCUT2D eigenvalue weighted by atomic mass is 35.5. The maximum atomic E-state index is 13.2. The van der Waals surface area contributed by atoms with Crippen LogP contribution in [0.1, 0.15) is 40.0 Å². The van der Waals surface area contributed by atoms with Gasteiger partial charge in [0.1, 0.15) is 11.3 Å². The van der Waals surface area contributed by atoms with E-state index in [0.717, 1.165) is 22.0 Å². The first-order chi connectivity index (χ1) is 15.1. The van der Waals surface area contributed by atoms with E-state index in [-0.39, 0.29) is 17.4 Å². The van der Waals surface area contributed by atoms with Crippen molar-refractivity contribution in [3.8, 4) is 0 Å². The standard InChI is InChI=1S/C23H21Cl2N3O4/c1-13-9-17(14(2)27(13)11-16-5-4-8-32-16)20(29)12-28-21(30)23(3,26-22(28)31)18-7-6-15(24)10-19(18)25/h4-10H,11-12H2,1-3H3,(H,26,31). The molecule has 4 rings (SSSR count). The van der Waals surface area contributed by atoms with Gasteiger partial charge in [-0.15, -0.1) is 0 Å². The molecule has 3 amide bonds. The second kappa shape index (κ2) is 8.15. The summed E-state index contributed by atoms with van der Waals surface area (Å²) in [7, 11) is 0. The fraction of sp³-hybridized carbons (Fsp3) is 0.261. The van der Waals surface area contributed by atoms with Crippen molar-refractivity contribution in [3.63, 3.8) is 0 Å². The van der Waals surface area contributed by atoms with Crippen LogP contribution in [0.5, 0.6) is 0 Å². The van der Waals surface area contributed by atoms with Crippen molar-refractivity contribution in [3.05, 3.63) is 81.0 Å². The second-order valence-corrected chi connectivity index (χ2v) is 8.79. The van der Waals surface area contributed by atoms with Crippen LogP contribution in [0.15, 0.2) is 47.1 Å². The molecular formula is C23H21Cl2N3O4. The topological polar surface area (TPSA) is 84.5 Å². The molecule has 1 aliphatic heterocycles. The summed E-state index contributed by atoms with van der Waals surface area (Å²) in [6.07, 6.45) is 1.59. The van der Waals surface area contributed by atoms with Crippen molar-refractivity contribution in [2.75, 3.05) is 6.54 Å². The Morgan fingerprint density at radius 1 is 1.16 bits per heavy atom. The van der Waals surface area contributed by atoms with Gasteiger partial charge in [-0.05, 0) is 51.1 Å². The predicted molar refractivity (Wildman–Crippen MR) is 120 cm³/mol. The summed E-state index contributed by atoms with van der Waals surface area (Å²) >= 11 is 12.2. The van der Waals surface area contributed by atoms with E-state index in [0.29, 0.717) is 22.7 Å². The van der Waals surface area contributed by atoms with Crippen molar-refractivity contribution in [2.24, 2.45) is 0 Å². The number of nitrogens with one attached hydrogen (secondary N) is 1. The molecule has 0 spiro atoms. The third-order valence-corrected chi connectivity index (χ3v) is 6.36. The van der Waals surface area contributed by atoms with E-state index >= 15 is 0 Å². The van der Waals surface area contributed by atoms with Gasteiger partial charge in [0.2, 0.25) is 0 Å². The smallest absolute Gasteiger partial charge is 0.325 e. The number of ketones is 1. The van der Waals surface area contributed by atoms with Gasteiger partial charge in [-0.25, -0.2) is 4.79 Å². The summed E-state index contributed by atoms with van der Waals surface area (Å²) in [6, 6.07) is 9.46. The first kappa shape index (κ1) is 22.2. The van der Waals surface area contributed by atoms with Crippen LogP contribution in [0, 0.1) is 13.8 Å². The van der Waals surface area contributed by atoms with Crippen molar-refractivity contribution in [2.45, 2.75) is 32.9 Å². The van der Waals surface area contributed by atoms with Crippen molar-refractivity contribution in [1.29, 1.82) is 0 Å². The number of benzene rings is 1. The number of aryl methyl sites for hydroxylation is 1. The number of nitrogens with zero attached hydrogens (tertiary/aromatic N) is 2. The normalized spacial score (nSPS) is 18.3. The molecule has 3 heterocycles. The monoisotopic (exact) mass is 473 g/mol. The number of carbonyl (C=O) groups excluding carboxylic acids is 3. The molecule has 1 saturated heterocycles. The van der Waals surface area contributed by atoms with Gasteiger partial charge < -0.3 is 14.3 Å². The fourth-order valence-corrected chi connectivity index (χ4v) is 4.63. The number of rotatable bonds is 6. The SMILES string of the molecule is Cc1cc(C(=O)CN2C(=O)NC(C)(c3ccc(Cl)cc3Cl)C2=O)c(C)n1Cc1ccco1. The molecule has 0 aliphatic carbocycles. The van der Waals surface area contributed by atoms with Gasteiger partial charge in [-0.3, -0.25) is 14.5 Å². The molecule has 0 bridgehead atoms. The average Bonchev–Trinajstić information content (AvgIpc) is 3.39. The molecule has 1 aromatic carbocycles. The number of imide groups is 1. The van der Waals surface area contributed by atoms with Gasteiger partial charge in [-0.1, -0.05) is 29.3 Å². The largest absolute Gasteiger partial charge is 0.467 e. The average molecular weight is 474 g/mol. The Morgan fingerprint density at radius 3 is 2.56 bits per heavy atom. The Labute approximate surface area is 194 Å². The van der Waals surface area contributed by atoms with Crippen molar-refractivity contribution in [1.82, 2.24) is 14.8 Å². The van der Waals surface area contributed by atoms with E-state index < -0.39 is 17.5 Å². The lowest BCUT2D eigenvalue weighted by Gasteiger charge is -2.23. The molecule has 0 radical (unpaired) electrons. The van der Waals surface area contributed by atoms with E-state index in [4.69, 9.17) is 27.6 Å². The number of Topliss-reactive ketones (excluding diaryl/α,β-unsaturated/α-hetero) is 1. The highest BCUT2D eigenvalue weighted by molar-refractivity contribution is 6.35. The zero-order valence-electron chi connectivity index (χ0n) is 17.7. The maximum absolute atomic E-state index is 13.2. The molecule has 32 heavy (non-hydrogen) atoms. The van der Waals surface area contributed by atoms with E-state index in [2.05, 4.69) is 5.32 Å². The fourth-order valence-electron chi connectivity index (χ4n) is 4.03. The summed E-state index contributed by atoms with van der Waals surface area (Å²) in [5.74, 6) is -0.126. The van der Waals surface area contributed by atoms with Crippen molar-refractivity contribution < 1.29 is 18.8 Å². The first-order valence-corrected chi connectivity index (χ1v) is 10.7. The van der Waals surface area contributed by atoms with Crippen LogP contribution in [-0.2, 0) is 16.9 Å². The second-order valence-electron chi connectivity index (χ2n) is 7.94. The molecule has 3 aromatic rings. The zero-order valence-corrected chi connectivity index (χ0v) is 19.3. The van der Waals surface area contributed by atoms with Gasteiger partial charge >= 0.3 is 6.03 Å². The highest BCUT2D eigenvalue weighted by Crippen LogP contribution is 2.35. The summed E-state index contributed by atoms with van der Waals surface area (Å²) in [5.41, 5.74) is 1.08. The molecule has 1 aliphatic rings. The minimum Gasteiger partial charge on any atom is -0.467 e. The van der Waals surface area contributed by atoms with Crippen LogP contribution in [0.25, 0.3) is 0 Å². The van der Waals surface area contributed by atoms with E-state index in [9.17, 15) is 14.4 Å². The molecule has 2 aromatic heterocycles. The van der Waals surface area contributed by atoms with Gasteiger partial charge in [0.05, 0.1) is 19.4 Å². The Balaban J connectivity index is 1.57. The summed E-state index contributed by atoms with van der Waals surface area (Å²) in [4.78, 5) is 39.8. The van der Waals surface area contributed by atoms with Crippen LogP contribution >= 0.6 is 23.2 Å². The van der Waals surface area contributed by atoms with Gasteiger partial charge in [0.25, 0.3) is 5.91 Å². The van der Waals surface area contributed by atoms with Crippen LogP contribution in [0.2, 0.25) is 10.0 Å². The number of carbonyl (C=O) groups is 3. The molecule has 9 heteroatoms. The van der Waals surface area contributed by atoms with E-state index in [1.807, 2.05) is 24.5 Å². The summed E-state index contributed by atoms with van der Waals surface area (Å²) < 4.78 is 7.36. The number of halogens is 2. The minimum atomic E-state index is -1.39. The number of urea groups is 1. The molecule has 1 atom stereocenters. The number of hydrogen-bond acceptors (Lipinski definition) is 4. The van der Waals surface area contributed by atoms with Crippen LogP contribution in [0.3, 0.4) is 0 Å². The molecule has 1 fully saturated rings. The molecule has 0 saturated carbocycles. The zero-order chi connectivity index (χ0) is 23.2. The molecule has 1 unspecified atom stereocenters. The lowest BCUT2D eigenvalue weighted by atomic mass is 9.92. The maximum Gasteiger partial charge on any atom is 0.325 e. The third-order valence-electron chi connectivity index (χ3n) is 5.81. The van der Waals surface area contributed by atoms with Crippen LogP contribution in [-0.4, -0.2) is 33.7 Å². The lowest BCUT2D eigenvalue weighted by molar-refractivity contribution is -0.130. The third kappa shape index (κ3) is 3.72. The summed E-state index contributed by atoms with van der Waals surface area (Å²) in [5, 5.41) is 3.33. The predicted octanol–water partition coefficient (Wildman–Crippen LogP) is 4.70. The molecule has 1 N–H and O–H groups in total. The van der Waals surface area contributed by atoms with Gasteiger partial charge in [0.15, 0.2) is 5.78 Å². The lowest BCUT2D eigenvalue weighted by Crippen LogP contribution is -2.41.